The van der Waals surface area contributed by atoms with Gasteiger partial charge in [0.15, 0.2) is 0 Å². The van der Waals surface area contributed by atoms with Crippen molar-refractivity contribution in [2.45, 2.75) is 111 Å². The highest BCUT2D eigenvalue weighted by molar-refractivity contribution is 5.25. The number of hydrogen-bond acceptors (Lipinski definition) is 1. The minimum Gasteiger partial charge on any atom is -0.393 e. The second-order valence-corrected chi connectivity index (χ2v) is 12.2. The Morgan fingerprint density at radius 2 is 1.79 bits per heavy atom. The average molecular weight is 387 g/mol. The first-order valence-corrected chi connectivity index (χ1v) is 12.6. The highest BCUT2D eigenvalue weighted by atomic mass is 16.3. The van der Waals surface area contributed by atoms with Gasteiger partial charge in [0.05, 0.1) is 6.10 Å². The molecule has 160 valence electrons. The maximum Gasteiger partial charge on any atom is 0.0577 e. The largest absolute Gasteiger partial charge is 0.393 e. The second-order valence-electron chi connectivity index (χ2n) is 12.2. The molecule has 2 unspecified atom stereocenters. The van der Waals surface area contributed by atoms with Gasteiger partial charge < -0.3 is 5.11 Å². The molecule has 0 aromatic rings. The van der Waals surface area contributed by atoms with Crippen molar-refractivity contribution in [2.75, 3.05) is 0 Å². The van der Waals surface area contributed by atoms with Crippen molar-refractivity contribution < 1.29 is 5.11 Å². The molecule has 0 saturated heterocycles. The van der Waals surface area contributed by atoms with E-state index >= 15 is 0 Å². The van der Waals surface area contributed by atoms with Crippen LogP contribution in [-0.2, 0) is 0 Å². The first-order chi connectivity index (χ1) is 13.3. The molecule has 0 aromatic heterocycles. The van der Waals surface area contributed by atoms with Gasteiger partial charge >= 0.3 is 0 Å². The highest BCUT2D eigenvalue weighted by Crippen LogP contribution is 2.67. The van der Waals surface area contributed by atoms with Crippen LogP contribution in [0.5, 0.6) is 0 Å². The van der Waals surface area contributed by atoms with Crippen LogP contribution in [0, 0.1) is 46.3 Å². The van der Waals surface area contributed by atoms with Gasteiger partial charge in [0.1, 0.15) is 0 Å². The standard InChI is InChI=1S/C27H46O/c1-18(2)7-6-8-19(3)23-11-12-24-22-10-9-20-17-21(28)13-15-26(20,4)25(22)14-16-27(23,24)5/h9,18-19,21-25,28H,6-8,10-17H2,1-5H3/t19-,21?,22-,23-,24?,25-,26+,27-/m1/s1. The summed E-state index contributed by atoms with van der Waals surface area (Å²) in [7, 11) is 0. The lowest BCUT2D eigenvalue weighted by Gasteiger charge is -2.58. The van der Waals surface area contributed by atoms with Crippen molar-refractivity contribution in [3.05, 3.63) is 11.6 Å². The Bertz CT molecular complexity index is 591. The number of allylic oxidation sites excluding steroid dienone is 1. The van der Waals surface area contributed by atoms with Crippen molar-refractivity contribution in [1.82, 2.24) is 0 Å². The zero-order valence-corrected chi connectivity index (χ0v) is 19.3. The third-order valence-corrected chi connectivity index (χ3v) is 10.3. The van der Waals surface area contributed by atoms with E-state index in [0.29, 0.717) is 10.8 Å². The fraction of sp³-hybridized carbons (Fsp3) is 0.926. The van der Waals surface area contributed by atoms with Gasteiger partial charge in [-0.3, -0.25) is 0 Å². The second kappa shape index (κ2) is 7.75. The monoisotopic (exact) mass is 386 g/mol. The fourth-order valence-corrected chi connectivity index (χ4v) is 8.67. The smallest absolute Gasteiger partial charge is 0.0577 e. The predicted octanol–water partition coefficient (Wildman–Crippen LogP) is 7.39. The lowest BCUT2D eigenvalue weighted by Crippen LogP contribution is -2.50. The normalized spacial score (nSPS) is 46.5. The van der Waals surface area contributed by atoms with Crippen molar-refractivity contribution in [2.24, 2.45) is 46.3 Å². The minimum absolute atomic E-state index is 0.0766. The van der Waals surface area contributed by atoms with Gasteiger partial charge in [-0.1, -0.05) is 65.5 Å². The molecule has 0 heterocycles. The Kier molecular flexibility index (Phi) is 5.80. The summed E-state index contributed by atoms with van der Waals surface area (Å²) in [5.41, 5.74) is 2.60. The summed E-state index contributed by atoms with van der Waals surface area (Å²) in [6, 6.07) is 0. The molecule has 0 aromatic carbocycles. The Labute approximate surface area is 174 Å². The van der Waals surface area contributed by atoms with E-state index in [2.05, 4.69) is 40.7 Å². The quantitative estimate of drug-likeness (QED) is 0.488. The van der Waals surface area contributed by atoms with Crippen LogP contribution in [0.3, 0.4) is 0 Å². The summed E-state index contributed by atoms with van der Waals surface area (Å²) in [6.07, 6.45) is 17.2. The molecule has 8 atom stereocenters. The third kappa shape index (κ3) is 3.42. The van der Waals surface area contributed by atoms with Crippen molar-refractivity contribution >= 4 is 0 Å². The molecule has 4 aliphatic carbocycles. The maximum atomic E-state index is 10.2. The lowest BCUT2D eigenvalue weighted by molar-refractivity contribution is -0.0573. The number of rotatable bonds is 5. The van der Waals surface area contributed by atoms with Crippen LogP contribution in [-0.4, -0.2) is 11.2 Å². The van der Waals surface area contributed by atoms with Crippen LogP contribution in [0.1, 0.15) is 105 Å². The van der Waals surface area contributed by atoms with E-state index in [1.54, 1.807) is 5.57 Å². The van der Waals surface area contributed by atoms with E-state index in [0.717, 1.165) is 48.3 Å². The van der Waals surface area contributed by atoms with Crippen LogP contribution < -0.4 is 0 Å². The molecule has 4 rings (SSSR count). The Hall–Kier alpha value is -0.300. The third-order valence-electron chi connectivity index (χ3n) is 10.3. The van der Waals surface area contributed by atoms with Crippen LogP contribution in [0.15, 0.2) is 11.6 Å². The van der Waals surface area contributed by atoms with E-state index in [9.17, 15) is 5.11 Å². The van der Waals surface area contributed by atoms with Crippen molar-refractivity contribution in [3.63, 3.8) is 0 Å². The van der Waals surface area contributed by atoms with E-state index in [1.807, 2.05) is 0 Å². The number of aliphatic hydroxyl groups excluding tert-OH is 1. The van der Waals surface area contributed by atoms with Gasteiger partial charge in [-0.15, -0.1) is 0 Å². The summed E-state index contributed by atoms with van der Waals surface area (Å²) in [4.78, 5) is 0. The number of aliphatic hydroxyl groups is 1. The van der Waals surface area contributed by atoms with Gasteiger partial charge in [0.2, 0.25) is 0 Å². The molecule has 0 bridgehead atoms. The molecule has 3 fully saturated rings. The zero-order chi connectivity index (χ0) is 20.1. The van der Waals surface area contributed by atoms with Gasteiger partial charge in [-0.25, -0.2) is 0 Å². The van der Waals surface area contributed by atoms with E-state index in [1.165, 1.54) is 57.8 Å². The maximum absolute atomic E-state index is 10.2. The Morgan fingerprint density at radius 3 is 2.54 bits per heavy atom. The van der Waals surface area contributed by atoms with Crippen LogP contribution in [0.25, 0.3) is 0 Å². The van der Waals surface area contributed by atoms with Crippen LogP contribution in [0.4, 0.5) is 0 Å². The first kappa shape index (κ1) is 21.0. The minimum atomic E-state index is -0.0766. The summed E-state index contributed by atoms with van der Waals surface area (Å²) < 4.78 is 0. The highest BCUT2D eigenvalue weighted by Gasteiger charge is 2.59. The Balaban J connectivity index is 1.49. The van der Waals surface area contributed by atoms with E-state index in [-0.39, 0.29) is 6.10 Å². The van der Waals surface area contributed by atoms with E-state index < -0.39 is 0 Å². The zero-order valence-electron chi connectivity index (χ0n) is 19.3. The first-order valence-electron chi connectivity index (χ1n) is 12.6. The summed E-state index contributed by atoms with van der Waals surface area (Å²) in [5, 5.41) is 10.2. The van der Waals surface area contributed by atoms with Crippen LogP contribution >= 0.6 is 0 Å². The van der Waals surface area contributed by atoms with Crippen LogP contribution in [0.2, 0.25) is 0 Å². The molecular formula is C27H46O. The fourth-order valence-electron chi connectivity index (χ4n) is 8.67. The summed E-state index contributed by atoms with van der Waals surface area (Å²) in [5.74, 6) is 5.46. The van der Waals surface area contributed by atoms with E-state index in [4.69, 9.17) is 0 Å². The topological polar surface area (TPSA) is 20.2 Å². The molecule has 3 saturated carbocycles. The molecular weight excluding hydrogens is 340 g/mol. The average Bonchev–Trinajstić information content (AvgIpc) is 2.99. The molecule has 0 aliphatic heterocycles. The van der Waals surface area contributed by atoms with Crippen molar-refractivity contribution in [1.29, 1.82) is 0 Å². The van der Waals surface area contributed by atoms with Gasteiger partial charge in [0.25, 0.3) is 0 Å². The molecule has 1 N–H and O–H groups in total. The molecule has 28 heavy (non-hydrogen) atoms. The molecule has 4 aliphatic rings. The summed E-state index contributed by atoms with van der Waals surface area (Å²) >= 11 is 0. The Morgan fingerprint density at radius 1 is 1.00 bits per heavy atom. The molecule has 0 spiro atoms. The van der Waals surface area contributed by atoms with Crippen molar-refractivity contribution in [3.8, 4) is 0 Å². The number of hydrogen-bond donors (Lipinski definition) is 1. The summed E-state index contributed by atoms with van der Waals surface area (Å²) in [6.45, 7) is 12.6. The molecule has 0 radical (unpaired) electrons. The molecule has 1 nitrogen and oxygen atoms in total. The lowest BCUT2D eigenvalue weighted by atomic mass is 9.47. The van der Waals surface area contributed by atoms with Gasteiger partial charge in [-0.2, -0.15) is 0 Å². The van der Waals surface area contributed by atoms with Gasteiger partial charge in [0, 0.05) is 0 Å². The predicted molar refractivity (Wildman–Crippen MR) is 119 cm³/mol. The number of fused-ring (bicyclic) bond motifs is 5. The molecule has 1 heteroatoms. The molecule has 0 amide bonds. The van der Waals surface area contributed by atoms with Gasteiger partial charge in [-0.05, 0) is 97.7 Å². The SMILES string of the molecule is CC(C)CCC[C@@H](C)[C@H]1CCC2[C@H]3CC=C4CC(O)CC[C@]4(C)[C@@H]3CC[C@@]21C.